The molecule has 1 aromatic rings. The molecule has 76 valence electrons. The number of nitrogens with one attached hydrogen (secondary N) is 1. The molecular weight excluding hydrogens is 180 g/mol. The first-order chi connectivity index (χ1) is 6.74. The average Bonchev–Trinajstić information content (AvgIpc) is 2.18. The van der Waals surface area contributed by atoms with Crippen LogP contribution < -0.4 is 10.9 Å². The van der Waals surface area contributed by atoms with Crippen LogP contribution in [0.25, 0.3) is 0 Å². The van der Waals surface area contributed by atoms with Gasteiger partial charge in [-0.2, -0.15) is 0 Å². The predicted molar refractivity (Wildman–Crippen MR) is 54.0 cm³/mol. The maximum Gasteiger partial charge on any atom is 0.250 e. The lowest BCUT2D eigenvalue weighted by atomic mass is 10.4. The largest absolute Gasteiger partial charge is 0.355 e. The molecule has 0 unspecified atom stereocenters. The summed E-state index contributed by atoms with van der Waals surface area (Å²) in [5, 5.41) is 2.71. The minimum Gasteiger partial charge on any atom is -0.355 e. The fraction of sp³-hybridized carbons (Fsp3) is 0.400. The first-order valence-electron chi connectivity index (χ1n) is 4.66. The molecule has 1 amide bonds. The van der Waals surface area contributed by atoms with Crippen molar-refractivity contribution in [1.82, 2.24) is 9.88 Å². The number of pyridine rings is 1. The highest BCUT2D eigenvalue weighted by Gasteiger charge is 2.01. The van der Waals surface area contributed by atoms with Crippen LogP contribution in [0.1, 0.15) is 13.3 Å². The molecule has 1 aromatic heterocycles. The zero-order chi connectivity index (χ0) is 10.4. The van der Waals surface area contributed by atoms with Crippen molar-refractivity contribution >= 4 is 5.91 Å². The molecule has 0 saturated heterocycles. The third kappa shape index (κ3) is 3.05. The van der Waals surface area contributed by atoms with Crippen LogP contribution in [0.4, 0.5) is 0 Å². The van der Waals surface area contributed by atoms with Gasteiger partial charge in [-0.25, -0.2) is 0 Å². The summed E-state index contributed by atoms with van der Waals surface area (Å²) in [6.45, 7) is 2.73. The number of aromatic nitrogens is 1. The van der Waals surface area contributed by atoms with E-state index in [2.05, 4.69) is 5.32 Å². The van der Waals surface area contributed by atoms with Crippen LogP contribution in [0.3, 0.4) is 0 Å². The summed E-state index contributed by atoms with van der Waals surface area (Å²) in [5.74, 6) is -0.125. The third-order valence-electron chi connectivity index (χ3n) is 1.79. The van der Waals surface area contributed by atoms with Gasteiger partial charge in [-0.1, -0.05) is 13.0 Å². The molecule has 0 aliphatic carbocycles. The van der Waals surface area contributed by atoms with Crippen molar-refractivity contribution in [2.24, 2.45) is 0 Å². The molecule has 4 heteroatoms. The van der Waals surface area contributed by atoms with Crippen molar-refractivity contribution in [2.45, 2.75) is 19.9 Å². The molecule has 1 heterocycles. The first-order valence-corrected chi connectivity index (χ1v) is 4.66. The van der Waals surface area contributed by atoms with Crippen LogP contribution >= 0.6 is 0 Å². The quantitative estimate of drug-likeness (QED) is 0.753. The van der Waals surface area contributed by atoms with Gasteiger partial charge in [0.2, 0.25) is 5.91 Å². The van der Waals surface area contributed by atoms with E-state index in [4.69, 9.17) is 0 Å². The highest BCUT2D eigenvalue weighted by Crippen LogP contribution is 1.82. The molecule has 1 N–H and O–H groups in total. The zero-order valence-electron chi connectivity index (χ0n) is 8.19. The van der Waals surface area contributed by atoms with Crippen molar-refractivity contribution in [1.29, 1.82) is 0 Å². The summed E-state index contributed by atoms with van der Waals surface area (Å²) < 4.78 is 1.38. The second-order valence-electron chi connectivity index (χ2n) is 3.02. The second kappa shape index (κ2) is 5.21. The van der Waals surface area contributed by atoms with Gasteiger partial charge in [0.15, 0.2) is 0 Å². The number of carbonyl (C=O) groups excluding carboxylic acids is 1. The molecule has 1 rings (SSSR count). The van der Waals surface area contributed by atoms with Crippen LogP contribution in [0.2, 0.25) is 0 Å². The lowest BCUT2D eigenvalue weighted by Gasteiger charge is -2.05. The van der Waals surface area contributed by atoms with E-state index in [1.807, 2.05) is 6.92 Å². The third-order valence-corrected chi connectivity index (χ3v) is 1.79. The number of amides is 1. The summed E-state index contributed by atoms with van der Waals surface area (Å²) in [5.41, 5.74) is -0.154. The van der Waals surface area contributed by atoms with Gasteiger partial charge in [0.05, 0.1) is 0 Å². The average molecular weight is 194 g/mol. The highest BCUT2D eigenvalue weighted by atomic mass is 16.2. The molecular formula is C10H14N2O2. The van der Waals surface area contributed by atoms with Crippen LogP contribution in [0, 0.1) is 0 Å². The zero-order valence-corrected chi connectivity index (χ0v) is 8.19. The molecule has 0 saturated carbocycles. The Morgan fingerprint density at radius 2 is 2.29 bits per heavy atom. The molecule has 0 aliphatic heterocycles. The van der Waals surface area contributed by atoms with E-state index in [1.54, 1.807) is 18.3 Å². The lowest BCUT2D eigenvalue weighted by Crippen LogP contribution is -2.32. The number of rotatable bonds is 4. The molecule has 0 aliphatic rings. The van der Waals surface area contributed by atoms with Gasteiger partial charge in [-0.15, -0.1) is 0 Å². The van der Waals surface area contributed by atoms with Gasteiger partial charge in [-0.3, -0.25) is 9.59 Å². The molecule has 0 bridgehead atoms. The number of carbonyl (C=O) groups is 1. The van der Waals surface area contributed by atoms with E-state index in [0.29, 0.717) is 6.54 Å². The van der Waals surface area contributed by atoms with Gasteiger partial charge in [-0.05, 0) is 12.5 Å². The fourth-order valence-electron chi connectivity index (χ4n) is 1.07. The molecule has 4 nitrogen and oxygen atoms in total. The van der Waals surface area contributed by atoms with Gasteiger partial charge in [0.25, 0.3) is 5.56 Å². The maximum absolute atomic E-state index is 11.3. The fourth-order valence-corrected chi connectivity index (χ4v) is 1.07. The smallest absolute Gasteiger partial charge is 0.250 e. The number of hydrogen-bond acceptors (Lipinski definition) is 2. The van der Waals surface area contributed by atoms with Gasteiger partial charge in [0.1, 0.15) is 6.54 Å². The van der Waals surface area contributed by atoms with E-state index in [9.17, 15) is 9.59 Å². The van der Waals surface area contributed by atoms with E-state index in [-0.39, 0.29) is 18.0 Å². The Bertz CT molecular complexity index is 357. The van der Waals surface area contributed by atoms with E-state index < -0.39 is 0 Å². The second-order valence-corrected chi connectivity index (χ2v) is 3.02. The number of nitrogens with zero attached hydrogens (tertiary/aromatic N) is 1. The summed E-state index contributed by atoms with van der Waals surface area (Å²) in [4.78, 5) is 22.5. The first kappa shape index (κ1) is 10.5. The Morgan fingerprint density at radius 1 is 1.50 bits per heavy atom. The Balaban J connectivity index is 2.56. The summed E-state index contributed by atoms with van der Waals surface area (Å²) in [6.07, 6.45) is 2.50. The predicted octanol–water partition coefficient (Wildman–Crippen LogP) is 0.374. The van der Waals surface area contributed by atoms with Crippen molar-refractivity contribution in [3.8, 4) is 0 Å². The minimum atomic E-state index is -0.154. The van der Waals surface area contributed by atoms with Crippen LogP contribution in [-0.4, -0.2) is 17.0 Å². The van der Waals surface area contributed by atoms with E-state index >= 15 is 0 Å². The normalized spacial score (nSPS) is 9.79. The van der Waals surface area contributed by atoms with Crippen LogP contribution in [0.15, 0.2) is 29.2 Å². The SMILES string of the molecule is CCCNC(=O)Cn1ccccc1=O. The van der Waals surface area contributed by atoms with E-state index in [0.717, 1.165) is 6.42 Å². The summed E-state index contributed by atoms with van der Waals surface area (Å²) >= 11 is 0. The maximum atomic E-state index is 11.3. The minimum absolute atomic E-state index is 0.0969. The standard InChI is InChI=1S/C10H14N2O2/c1-2-6-11-9(13)8-12-7-4-3-5-10(12)14/h3-5,7H,2,6,8H2,1H3,(H,11,13). The summed E-state index contributed by atoms with van der Waals surface area (Å²) in [6, 6.07) is 4.82. The number of hydrogen-bond donors (Lipinski definition) is 1. The highest BCUT2D eigenvalue weighted by molar-refractivity contribution is 5.75. The molecule has 0 spiro atoms. The molecule has 0 fully saturated rings. The topological polar surface area (TPSA) is 51.1 Å². The van der Waals surface area contributed by atoms with Crippen molar-refractivity contribution in [3.63, 3.8) is 0 Å². The van der Waals surface area contributed by atoms with Crippen molar-refractivity contribution < 1.29 is 4.79 Å². The van der Waals surface area contributed by atoms with Gasteiger partial charge >= 0.3 is 0 Å². The Morgan fingerprint density at radius 3 is 2.93 bits per heavy atom. The molecule has 0 radical (unpaired) electrons. The molecule has 0 atom stereocenters. The van der Waals surface area contributed by atoms with Crippen molar-refractivity contribution in [3.05, 3.63) is 34.7 Å². The van der Waals surface area contributed by atoms with Crippen LogP contribution in [0.5, 0.6) is 0 Å². The van der Waals surface area contributed by atoms with Crippen molar-refractivity contribution in [2.75, 3.05) is 6.54 Å². The van der Waals surface area contributed by atoms with Crippen LogP contribution in [-0.2, 0) is 11.3 Å². The molecule has 0 aromatic carbocycles. The van der Waals surface area contributed by atoms with E-state index in [1.165, 1.54) is 10.6 Å². The lowest BCUT2D eigenvalue weighted by molar-refractivity contribution is -0.121. The summed E-state index contributed by atoms with van der Waals surface area (Å²) in [7, 11) is 0. The van der Waals surface area contributed by atoms with Gasteiger partial charge < -0.3 is 9.88 Å². The Labute approximate surface area is 82.6 Å². The molecule has 14 heavy (non-hydrogen) atoms. The Hall–Kier alpha value is -1.58. The monoisotopic (exact) mass is 194 g/mol. The Kier molecular flexibility index (Phi) is 3.91. The van der Waals surface area contributed by atoms with Gasteiger partial charge in [0, 0.05) is 18.8 Å².